The van der Waals surface area contributed by atoms with Crippen molar-refractivity contribution in [1.29, 1.82) is 0 Å². The van der Waals surface area contributed by atoms with Gasteiger partial charge in [0.05, 0.1) is 17.9 Å². The SMILES string of the molecule is CCOC(=O)C1=C(c2ccccc2)Nc2nc(SCc3ccccc3)nn2C1c1cccs1. The molecule has 0 radical (unpaired) electrons. The first-order chi connectivity index (χ1) is 16.2. The summed E-state index contributed by atoms with van der Waals surface area (Å²) in [6, 6.07) is 23.6. The monoisotopic (exact) mass is 474 g/mol. The van der Waals surface area contributed by atoms with Crippen LogP contribution in [0, 0.1) is 0 Å². The van der Waals surface area contributed by atoms with Gasteiger partial charge in [-0.05, 0) is 29.5 Å². The van der Waals surface area contributed by atoms with E-state index in [0.717, 1.165) is 16.2 Å². The Labute approximate surface area is 200 Å². The van der Waals surface area contributed by atoms with Gasteiger partial charge in [-0.15, -0.1) is 16.4 Å². The van der Waals surface area contributed by atoms with Crippen LogP contribution in [0.4, 0.5) is 5.95 Å². The fourth-order valence-electron chi connectivity index (χ4n) is 3.76. The number of fused-ring (bicyclic) bond motifs is 1. The van der Waals surface area contributed by atoms with Crippen molar-refractivity contribution in [2.45, 2.75) is 23.9 Å². The van der Waals surface area contributed by atoms with E-state index in [9.17, 15) is 4.79 Å². The van der Waals surface area contributed by atoms with Gasteiger partial charge in [0.15, 0.2) is 0 Å². The van der Waals surface area contributed by atoms with Crippen molar-refractivity contribution in [3.63, 3.8) is 0 Å². The van der Waals surface area contributed by atoms with Crippen molar-refractivity contribution in [1.82, 2.24) is 14.8 Å². The quantitative estimate of drug-likeness (QED) is 0.277. The van der Waals surface area contributed by atoms with Crippen LogP contribution in [0.2, 0.25) is 0 Å². The molecule has 8 heteroatoms. The number of aromatic nitrogens is 3. The van der Waals surface area contributed by atoms with E-state index >= 15 is 0 Å². The summed E-state index contributed by atoms with van der Waals surface area (Å²) in [5.41, 5.74) is 3.33. The van der Waals surface area contributed by atoms with Gasteiger partial charge in [-0.25, -0.2) is 9.48 Å². The molecule has 0 saturated heterocycles. The van der Waals surface area contributed by atoms with Crippen LogP contribution in [0.5, 0.6) is 0 Å². The second-order valence-corrected chi connectivity index (χ2v) is 9.28. The largest absolute Gasteiger partial charge is 0.463 e. The van der Waals surface area contributed by atoms with Gasteiger partial charge in [-0.2, -0.15) is 4.98 Å². The molecule has 0 aliphatic carbocycles. The van der Waals surface area contributed by atoms with Crippen LogP contribution in [-0.2, 0) is 15.3 Å². The van der Waals surface area contributed by atoms with Gasteiger partial charge in [0.1, 0.15) is 6.04 Å². The number of nitrogens with zero attached hydrogens (tertiary/aromatic N) is 3. The molecule has 1 aliphatic heterocycles. The Kier molecular flexibility index (Phi) is 6.28. The van der Waals surface area contributed by atoms with Crippen LogP contribution < -0.4 is 5.32 Å². The summed E-state index contributed by atoms with van der Waals surface area (Å²) in [5.74, 6) is 1.01. The summed E-state index contributed by atoms with van der Waals surface area (Å²) >= 11 is 3.15. The normalized spacial score (nSPS) is 15.1. The Bertz CT molecular complexity index is 1270. The zero-order valence-electron chi connectivity index (χ0n) is 18.0. The molecule has 0 bridgehead atoms. The maximum atomic E-state index is 13.2. The van der Waals surface area contributed by atoms with E-state index in [1.165, 1.54) is 5.56 Å². The third kappa shape index (κ3) is 4.44. The molecule has 1 N–H and O–H groups in total. The number of carbonyl (C=O) groups excluding carboxylic acids is 1. The first-order valence-corrected chi connectivity index (χ1v) is 12.5. The smallest absolute Gasteiger partial charge is 0.338 e. The average Bonchev–Trinajstić information content (AvgIpc) is 3.53. The highest BCUT2D eigenvalue weighted by atomic mass is 32.2. The number of thiophene rings is 1. The van der Waals surface area contributed by atoms with Gasteiger partial charge < -0.3 is 10.1 Å². The summed E-state index contributed by atoms with van der Waals surface area (Å²) in [6.45, 7) is 2.11. The third-order valence-electron chi connectivity index (χ3n) is 5.22. The van der Waals surface area contributed by atoms with E-state index in [4.69, 9.17) is 14.8 Å². The van der Waals surface area contributed by atoms with Gasteiger partial charge in [-0.3, -0.25) is 0 Å². The predicted octanol–water partition coefficient (Wildman–Crippen LogP) is 5.62. The van der Waals surface area contributed by atoms with E-state index < -0.39 is 6.04 Å². The second-order valence-electron chi connectivity index (χ2n) is 7.35. The number of esters is 1. The lowest BCUT2D eigenvalue weighted by Crippen LogP contribution is -2.29. The molecule has 1 unspecified atom stereocenters. The number of thioether (sulfide) groups is 1. The fraction of sp³-hybridized carbons (Fsp3) is 0.160. The molecule has 5 rings (SSSR count). The summed E-state index contributed by atoms with van der Waals surface area (Å²) in [4.78, 5) is 19.0. The molecule has 0 saturated carbocycles. The van der Waals surface area contributed by atoms with Crippen molar-refractivity contribution in [2.24, 2.45) is 0 Å². The van der Waals surface area contributed by atoms with E-state index in [2.05, 4.69) is 17.4 Å². The number of hydrogen-bond donors (Lipinski definition) is 1. The van der Waals surface area contributed by atoms with Crippen molar-refractivity contribution >= 4 is 40.7 Å². The summed E-state index contributed by atoms with van der Waals surface area (Å²) in [7, 11) is 0. The molecule has 0 spiro atoms. The highest BCUT2D eigenvalue weighted by Crippen LogP contribution is 2.41. The fourth-order valence-corrected chi connectivity index (χ4v) is 5.36. The highest BCUT2D eigenvalue weighted by molar-refractivity contribution is 7.98. The molecule has 6 nitrogen and oxygen atoms in total. The van der Waals surface area contributed by atoms with Crippen LogP contribution in [0.3, 0.4) is 0 Å². The van der Waals surface area contributed by atoms with E-state index in [1.54, 1.807) is 27.8 Å². The van der Waals surface area contributed by atoms with Crippen molar-refractivity contribution in [3.05, 3.63) is 99.8 Å². The van der Waals surface area contributed by atoms with E-state index in [1.807, 2.05) is 73.0 Å². The number of ether oxygens (including phenoxy) is 1. The lowest BCUT2D eigenvalue weighted by molar-refractivity contribution is -0.138. The van der Waals surface area contributed by atoms with Gasteiger partial charge in [-0.1, -0.05) is 78.5 Å². The highest BCUT2D eigenvalue weighted by Gasteiger charge is 2.37. The van der Waals surface area contributed by atoms with Crippen LogP contribution in [0.25, 0.3) is 5.70 Å². The maximum Gasteiger partial charge on any atom is 0.338 e. The molecule has 0 amide bonds. The van der Waals surface area contributed by atoms with Crippen molar-refractivity contribution < 1.29 is 9.53 Å². The van der Waals surface area contributed by atoms with E-state index in [-0.39, 0.29) is 5.97 Å². The van der Waals surface area contributed by atoms with Gasteiger partial charge >= 0.3 is 5.97 Å². The van der Waals surface area contributed by atoms with Crippen molar-refractivity contribution in [2.75, 3.05) is 11.9 Å². The summed E-state index contributed by atoms with van der Waals surface area (Å²) in [6.07, 6.45) is 0. The second kappa shape index (κ2) is 9.64. The molecule has 3 heterocycles. The number of hydrogen-bond acceptors (Lipinski definition) is 7. The van der Waals surface area contributed by atoms with Gasteiger partial charge in [0, 0.05) is 10.6 Å². The molecule has 1 atom stereocenters. The van der Waals surface area contributed by atoms with Crippen LogP contribution >= 0.6 is 23.1 Å². The topological polar surface area (TPSA) is 69.0 Å². The first kappa shape index (κ1) is 21.5. The Morgan fingerprint density at radius 1 is 1.09 bits per heavy atom. The molecule has 33 heavy (non-hydrogen) atoms. The number of benzene rings is 2. The predicted molar refractivity (Wildman–Crippen MR) is 132 cm³/mol. The number of nitrogens with one attached hydrogen (secondary N) is 1. The van der Waals surface area contributed by atoms with E-state index in [0.29, 0.717) is 29.0 Å². The van der Waals surface area contributed by atoms with Crippen LogP contribution in [0.1, 0.15) is 29.0 Å². The molecule has 2 aromatic carbocycles. The molecule has 0 fully saturated rings. The van der Waals surface area contributed by atoms with Crippen molar-refractivity contribution in [3.8, 4) is 0 Å². The van der Waals surface area contributed by atoms with Gasteiger partial charge in [0.25, 0.3) is 0 Å². The Balaban J connectivity index is 1.58. The van der Waals surface area contributed by atoms with Crippen LogP contribution in [-0.4, -0.2) is 27.3 Å². The number of anilines is 1. The number of carbonyl (C=O) groups is 1. The standard InChI is InChI=1S/C25H22N4O2S2/c1-2-31-23(30)20-21(18-12-7-4-8-13-18)26-24-27-25(33-16-17-10-5-3-6-11-17)28-29(24)22(20)19-14-9-15-32-19/h3-15,22H,2,16H2,1H3,(H,26,27,28). The number of rotatable bonds is 7. The zero-order valence-corrected chi connectivity index (χ0v) is 19.6. The summed E-state index contributed by atoms with van der Waals surface area (Å²) < 4.78 is 7.29. The first-order valence-electron chi connectivity index (χ1n) is 10.6. The zero-order chi connectivity index (χ0) is 22.6. The molecular formula is C25H22N4O2S2. The minimum absolute atomic E-state index is 0.296. The lowest BCUT2D eigenvalue weighted by atomic mass is 9.97. The Morgan fingerprint density at radius 3 is 2.55 bits per heavy atom. The Morgan fingerprint density at radius 2 is 1.85 bits per heavy atom. The summed E-state index contributed by atoms with van der Waals surface area (Å²) in [5, 5.41) is 10.8. The maximum absolute atomic E-state index is 13.2. The molecule has 166 valence electrons. The average molecular weight is 475 g/mol. The minimum atomic E-state index is -0.422. The molecule has 4 aromatic rings. The van der Waals surface area contributed by atoms with Crippen LogP contribution in [0.15, 0.2) is 88.9 Å². The minimum Gasteiger partial charge on any atom is -0.463 e. The molecule has 2 aromatic heterocycles. The molecular weight excluding hydrogens is 452 g/mol. The Hall–Kier alpha value is -3.36. The lowest BCUT2D eigenvalue weighted by Gasteiger charge is -2.28. The van der Waals surface area contributed by atoms with Gasteiger partial charge in [0.2, 0.25) is 11.1 Å². The molecule has 1 aliphatic rings. The third-order valence-corrected chi connectivity index (χ3v) is 7.05.